The average molecular weight is 438 g/mol. The Hall–Kier alpha value is -4.36. The lowest BCUT2D eigenvalue weighted by Crippen LogP contribution is -1.90. The molecule has 0 amide bonds. The van der Waals surface area contributed by atoms with Crippen LogP contribution in [0, 0.1) is 0 Å². The van der Waals surface area contributed by atoms with E-state index >= 15 is 0 Å². The molecular formula is C32H20O. The molecule has 0 atom stereocenters. The van der Waals surface area contributed by atoms with Crippen molar-refractivity contribution in [2.45, 2.75) is 0 Å². The molecule has 6 aromatic carbocycles. The summed E-state index contributed by atoms with van der Waals surface area (Å²) in [7, 11) is 0. The van der Waals surface area contributed by atoms with Crippen molar-refractivity contribution in [2.75, 3.05) is 0 Å². The van der Waals surface area contributed by atoms with E-state index in [-0.39, 0.29) is 61.1 Å². The highest BCUT2D eigenvalue weighted by Gasteiger charge is 2.17. The van der Waals surface area contributed by atoms with Gasteiger partial charge in [0.05, 0.1) is 23.3 Å². The number of hydrogen-bond donors (Lipinski definition) is 0. The predicted molar refractivity (Wildman–Crippen MR) is 140 cm³/mol. The van der Waals surface area contributed by atoms with Crippen molar-refractivity contribution < 1.29 is 27.7 Å². The first-order valence-corrected chi connectivity index (χ1v) is 9.89. The third-order valence-corrected chi connectivity index (χ3v) is 5.44. The lowest BCUT2D eigenvalue weighted by Gasteiger charge is -2.17. The summed E-state index contributed by atoms with van der Waals surface area (Å²) >= 11 is 0. The van der Waals surface area contributed by atoms with Crippen molar-refractivity contribution in [3.63, 3.8) is 0 Å². The molecule has 0 unspecified atom stereocenters. The Morgan fingerprint density at radius 2 is 0.970 bits per heavy atom. The summed E-state index contributed by atoms with van der Waals surface area (Å²) < 4.78 is 153. The predicted octanol–water partition coefficient (Wildman–Crippen LogP) is 9.23. The Bertz CT molecular complexity index is 2630. The molecule has 0 saturated carbocycles. The molecule has 0 radical (unpaired) electrons. The van der Waals surface area contributed by atoms with Crippen LogP contribution in [0.5, 0.6) is 0 Å². The normalized spacial score (nSPS) is 18.8. The molecule has 0 saturated heterocycles. The molecule has 1 heterocycles. The molecule has 7 aromatic rings. The smallest absolute Gasteiger partial charge is 0.136 e. The minimum Gasteiger partial charge on any atom is -0.456 e. The van der Waals surface area contributed by atoms with Crippen molar-refractivity contribution in [3.8, 4) is 22.3 Å². The van der Waals surface area contributed by atoms with Crippen LogP contribution in [0.1, 0.15) is 23.3 Å². The molecule has 33 heavy (non-hydrogen) atoms. The molecular weight excluding hydrogens is 400 g/mol. The Balaban J connectivity index is 1.86. The van der Waals surface area contributed by atoms with Crippen LogP contribution in [0.2, 0.25) is 0 Å². The molecule has 0 aliphatic carbocycles. The van der Waals surface area contributed by atoms with Gasteiger partial charge in [-0.25, -0.2) is 0 Å². The third kappa shape index (κ3) is 2.73. The molecule has 0 aliphatic rings. The van der Waals surface area contributed by atoms with Crippen LogP contribution in [-0.4, -0.2) is 0 Å². The first kappa shape index (κ1) is 8.20. The monoisotopic (exact) mass is 437 g/mol. The zero-order chi connectivity index (χ0) is 36.6. The maximum atomic E-state index is 9.31. The number of fused-ring (bicyclic) bond motifs is 5. The highest BCUT2D eigenvalue weighted by Crippen LogP contribution is 2.44. The van der Waals surface area contributed by atoms with E-state index in [0.29, 0.717) is 0 Å². The molecule has 1 aromatic heterocycles. The molecule has 0 aliphatic heterocycles. The van der Waals surface area contributed by atoms with Crippen LogP contribution in [0.4, 0.5) is 0 Å². The highest BCUT2D eigenvalue weighted by molar-refractivity contribution is 6.22. The molecule has 0 fully saturated rings. The lowest BCUT2D eigenvalue weighted by molar-refractivity contribution is 0.669. The van der Waals surface area contributed by atoms with E-state index in [1.807, 2.05) is 0 Å². The largest absolute Gasteiger partial charge is 0.456 e. The van der Waals surface area contributed by atoms with Crippen LogP contribution in [0.3, 0.4) is 0 Å². The average Bonchev–Trinajstić information content (AvgIpc) is 3.49. The fourth-order valence-corrected chi connectivity index (χ4v) is 4.08. The summed E-state index contributed by atoms with van der Waals surface area (Å²) in [4.78, 5) is 0. The fourth-order valence-electron chi connectivity index (χ4n) is 4.08. The van der Waals surface area contributed by atoms with Gasteiger partial charge in [-0.05, 0) is 61.9 Å². The Morgan fingerprint density at radius 3 is 1.61 bits per heavy atom. The number of hydrogen-bond acceptors (Lipinski definition) is 1. The van der Waals surface area contributed by atoms with Gasteiger partial charge in [-0.1, -0.05) is 103 Å². The SMILES string of the molecule is [2H]c1cc([2H])cc(-c2c3c([2H])c([2H])c([2H])c([2H])c3c(-c3c([2H])c([2H])c4c(oc5c([2H])c([2H])c([2H])c([2H])c54)c3[2H])c3c([2H])c([2H])c([2H])c([2H])c23)c1. The summed E-state index contributed by atoms with van der Waals surface area (Å²) in [5.74, 6) is 0. The fraction of sp³-hybridized carbons (Fsp3) is 0. The van der Waals surface area contributed by atoms with Crippen LogP contribution < -0.4 is 0 Å². The first-order chi connectivity index (χ1) is 23.4. The van der Waals surface area contributed by atoms with Gasteiger partial charge in [-0.3, -0.25) is 0 Å². The van der Waals surface area contributed by atoms with E-state index < -0.39 is 107 Å². The number of benzene rings is 6. The third-order valence-electron chi connectivity index (χ3n) is 5.44. The maximum Gasteiger partial charge on any atom is 0.136 e. The molecule has 7 rings (SSSR count). The number of para-hydroxylation sites is 1. The van der Waals surface area contributed by atoms with E-state index in [4.69, 9.17) is 25.0 Å². The van der Waals surface area contributed by atoms with Crippen LogP contribution in [0.15, 0.2) is 125 Å². The molecule has 0 spiro atoms. The van der Waals surface area contributed by atoms with Crippen molar-refractivity contribution in [1.29, 1.82) is 0 Å². The molecule has 1 nitrogen and oxygen atoms in total. The summed E-state index contributed by atoms with van der Waals surface area (Å²) in [6, 6.07) is -6.70. The van der Waals surface area contributed by atoms with E-state index in [9.17, 15) is 2.74 Å². The summed E-state index contributed by atoms with van der Waals surface area (Å²) in [6.45, 7) is 0. The number of furan rings is 1. The van der Waals surface area contributed by atoms with Gasteiger partial charge in [-0.15, -0.1) is 0 Å². The van der Waals surface area contributed by atoms with Crippen molar-refractivity contribution in [1.82, 2.24) is 0 Å². The van der Waals surface area contributed by atoms with Crippen LogP contribution in [0.25, 0.3) is 65.7 Å². The van der Waals surface area contributed by atoms with Crippen LogP contribution >= 0.6 is 0 Å². The second kappa shape index (κ2) is 7.08. The van der Waals surface area contributed by atoms with Crippen LogP contribution in [-0.2, 0) is 0 Å². The lowest BCUT2D eigenvalue weighted by atomic mass is 9.86. The van der Waals surface area contributed by atoms with E-state index in [0.717, 1.165) is 0 Å². The molecule has 0 N–H and O–H groups in total. The van der Waals surface area contributed by atoms with Crippen molar-refractivity contribution in [2.24, 2.45) is 0 Å². The molecule has 0 bridgehead atoms. The van der Waals surface area contributed by atoms with E-state index in [1.165, 1.54) is 18.2 Å². The van der Waals surface area contributed by atoms with Gasteiger partial charge in [0.25, 0.3) is 0 Å². The molecule has 1 heteroatoms. The Kier molecular flexibility index (Phi) is 1.76. The summed E-state index contributed by atoms with van der Waals surface area (Å²) in [5, 5.41) is -1.85. The van der Waals surface area contributed by atoms with Crippen molar-refractivity contribution in [3.05, 3.63) is 121 Å². The van der Waals surface area contributed by atoms with Gasteiger partial charge in [0.15, 0.2) is 0 Å². The Labute approximate surface area is 215 Å². The van der Waals surface area contributed by atoms with E-state index in [2.05, 4.69) is 0 Å². The minimum absolute atomic E-state index is 0.0357. The van der Waals surface area contributed by atoms with Gasteiger partial charge in [0, 0.05) is 10.8 Å². The van der Waals surface area contributed by atoms with E-state index in [1.54, 1.807) is 0 Å². The summed E-state index contributed by atoms with van der Waals surface area (Å²) in [5.41, 5.74) is -1.86. The van der Waals surface area contributed by atoms with Gasteiger partial charge in [0.1, 0.15) is 11.2 Å². The topological polar surface area (TPSA) is 13.1 Å². The minimum atomic E-state index is -0.747. The Morgan fingerprint density at radius 1 is 0.455 bits per heavy atom. The second-order valence-corrected chi connectivity index (χ2v) is 7.23. The van der Waals surface area contributed by atoms with Gasteiger partial charge >= 0.3 is 0 Å². The zero-order valence-electron chi connectivity index (χ0n) is 33.6. The van der Waals surface area contributed by atoms with Crippen molar-refractivity contribution >= 4 is 43.5 Å². The first-order valence-electron chi connectivity index (χ1n) is 18.4. The van der Waals surface area contributed by atoms with Gasteiger partial charge < -0.3 is 4.42 Å². The summed E-state index contributed by atoms with van der Waals surface area (Å²) in [6.07, 6.45) is 0. The number of rotatable bonds is 2. The van der Waals surface area contributed by atoms with Gasteiger partial charge in [-0.2, -0.15) is 0 Å². The maximum absolute atomic E-state index is 9.31. The molecule has 154 valence electrons. The standard InChI is InChI=1S/C32H20O/c1-2-10-21(11-3-1)31-25-13-4-6-15-27(25)32(28-16-7-5-14-26(28)31)22-18-19-24-23-12-8-9-17-29(23)33-30(24)20-22/h1-20H/i2D,3D,4D,5D,6D,7D,8D,9D,12D,13D,14D,15D,16D,17D,18D,19D,20D. The zero-order valence-corrected chi connectivity index (χ0v) is 16.6. The second-order valence-electron chi connectivity index (χ2n) is 7.23. The van der Waals surface area contributed by atoms with Gasteiger partial charge in [0.2, 0.25) is 0 Å². The quantitative estimate of drug-likeness (QED) is 0.246. The highest BCUT2D eigenvalue weighted by atomic mass is 16.3.